The van der Waals surface area contributed by atoms with E-state index in [-0.39, 0.29) is 5.41 Å². The first kappa shape index (κ1) is 19.9. The summed E-state index contributed by atoms with van der Waals surface area (Å²) in [5.74, 6) is 0. The SMILES string of the molecule is c1ccc(-c2nc3c(c4c2COC4)CCC32CCc3c2nc(-c2ccccc2)c2c3COC2)cc1. The molecule has 8 rings (SSSR count). The molecule has 2 aromatic carbocycles. The summed E-state index contributed by atoms with van der Waals surface area (Å²) >= 11 is 0. The Morgan fingerprint density at radius 1 is 0.514 bits per heavy atom. The highest BCUT2D eigenvalue weighted by Crippen LogP contribution is 2.55. The second kappa shape index (κ2) is 7.33. The van der Waals surface area contributed by atoms with Gasteiger partial charge in [-0.15, -0.1) is 0 Å². The van der Waals surface area contributed by atoms with E-state index in [2.05, 4.69) is 60.7 Å². The molecule has 2 aliphatic carbocycles. The van der Waals surface area contributed by atoms with Crippen LogP contribution in [0.1, 0.15) is 57.6 Å². The molecule has 1 spiro atoms. The second-order valence-electron chi connectivity index (χ2n) is 10.3. The number of benzene rings is 2. The first-order chi connectivity index (χ1) is 17.3. The third-order valence-electron chi connectivity index (χ3n) is 8.64. The highest BCUT2D eigenvalue weighted by molar-refractivity contribution is 5.71. The van der Waals surface area contributed by atoms with Gasteiger partial charge in [-0.2, -0.15) is 0 Å². The number of pyridine rings is 2. The van der Waals surface area contributed by atoms with Crippen LogP contribution in [0, 0.1) is 0 Å². The number of hydrogen-bond acceptors (Lipinski definition) is 4. The number of fused-ring (bicyclic) bond motifs is 8. The Labute approximate surface area is 205 Å². The maximum Gasteiger partial charge on any atom is 0.0764 e. The Morgan fingerprint density at radius 3 is 1.40 bits per heavy atom. The van der Waals surface area contributed by atoms with Crippen molar-refractivity contribution in [3.05, 3.63) is 105 Å². The molecule has 0 bridgehead atoms. The average molecular weight is 459 g/mol. The lowest BCUT2D eigenvalue weighted by atomic mass is 9.81. The minimum atomic E-state index is -0.118. The van der Waals surface area contributed by atoms with Crippen molar-refractivity contribution < 1.29 is 9.47 Å². The molecule has 2 aliphatic heterocycles. The fourth-order valence-corrected chi connectivity index (χ4v) is 6.99. The summed E-state index contributed by atoms with van der Waals surface area (Å²) in [6.07, 6.45) is 4.26. The number of ether oxygens (including phenoxy) is 2. The molecule has 35 heavy (non-hydrogen) atoms. The molecule has 172 valence electrons. The lowest BCUT2D eigenvalue weighted by molar-refractivity contribution is 0.134. The van der Waals surface area contributed by atoms with E-state index in [1.54, 1.807) is 0 Å². The van der Waals surface area contributed by atoms with E-state index in [1.807, 2.05) is 0 Å². The van der Waals surface area contributed by atoms with Gasteiger partial charge in [-0.1, -0.05) is 60.7 Å². The van der Waals surface area contributed by atoms with Crippen molar-refractivity contribution in [1.29, 1.82) is 0 Å². The van der Waals surface area contributed by atoms with Gasteiger partial charge in [0.05, 0.1) is 54.6 Å². The molecule has 4 heterocycles. The van der Waals surface area contributed by atoms with Crippen LogP contribution in [-0.4, -0.2) is 9.97 Å². The summed E-state index contributed by atoms with van der Waals surface area (Å²) < 4.78 is 12.0. The molecule has 4 nitrogen and oxygen atoms in total. The van der Waals surface area contributed by atoms with E-state index < -0.39 is 0 Å². The Hall–Kier alpha value is -3.34. The monoisotopic (exact) mass is 458 g/mol. The zero-order chi connectivity index (χ0) is 23.0. The first-order valence-electron chi connectivity index (χ1n) is 12.7. The van der Waals surface area contributed by atoms with Gasteiger partial charge in [-0.05, 0) is 47.9 Å². The van der Waals surface area contributed by atoms with E-state index in [9.17, 15) is 0 Å². The fourth-order valence-electron chi connectivity index (χ4n) is 6.99. The van der Waals surface area contributed by atoms with Gasteiger partial charge in [0.25, 0.3) is 0 Å². The standard InChI is InChI=1S/C31H26N2O2/c1-3-7-19(8-4-1)27-25-17-34-15-23(25)21-11-13-31(29(21)32-27)14-12-22-24-16-35-18-26(24)28(33-30(22)31)20-9-5-2-6-10-20/h1-10H,11-18H2. The molecule has 0 amide bonds. The fraction of sp³-hybridized carbons (Fsp3) is 0.290. The molecule has 0 fully saturated rings. The van der Waals surface area contributed by atoms with Gasteiger partial charge < -0.3 is 9.47 Å². The van der Waals surface area contributed by atoms with Crippen molar-refractivity contribution in [2.75, 3.05) is 0 Å². The molecule has 0 atom stereocenters. The summed E-state index contributed by atoms with van der Waals surface area (Å²) in [6.45, 7) is 2.71. The highest BCUT2D eigenvalue weighted by atomic mass is 16.5. The maximum atomic E-state index is 5.99. The molecular weight excluding hydrogens is 432 g/mol. The van der Waals surface area contributed by atoms with E-state index in [0.717, 1.165) is 37.1 Å². The Kier molecular flexibility index (Phi) is 4.17. The van der Waals surface area contributed by atoms with Crippen LogP contribution >= 0.6 is 0 Å². The smallest absolute Gasteiger partial charge is 0.0764 e. The highest BCUT2D eigenvalue weighted by Gasteiger charge is 2.50. The van der Waals surface area contributed by atoms with Crippen molar-refractivity contribution >= 4 is 0 Å². The Balaban J connectivity index is 1.38. The van der Waals surface area contributed by atoms with E-state index in [4.69, 9.17) is 19.4 Å². The van der Waals surface area contributed by atoms with Crippen LogP contribution in [0.3, 0.4) is 0 Å². The summed E-state index contributed by atoms with van der Waals surface area (Å²) in [5, 5.41) is 0. The predicted molar refractivity (Wildman–Crippen MR) is 134 cm³/mol. The van der Waals surface area contributed by atoms with Gasteiger partial charge in [0, 0.05) is 22.3 Å². The molecule has 4 aromatic rings. The third-order valence-corrected chi connectivity index (χ3v) is 8.64. The number of rotatable bonds is 2. The van der Waals surface area contributed by atoms with Gasteiger partial charge in [-0.25, -0.2) is 0 Å². The topological polar surface area (TPSA) is 44.2 Å². The lowest BCUT2D eigenvalue weighted by Crippen LogP contribution is -2.25. The largest absolute Gasteiger partial charge is 0.372 e. The van der Waals surface area contributed by atoms with Crippen LogP contribution in [0.15, 0.2) is 60.7 Å². The quantitative estimate of drug-likeness (QED) is 0.367. The van der Waals surface area contributed by atoms with E-state index >= 15 is 0 Å². The zero-order valence-electron chi connectivity index (χ0n) is 19.6. The van der Waals surface area contributed by atoms with Gasteiger partial charge >= 0.3 is 0 Å². The number of hydrogen-bond donors (Lipinski definition) is 0. The summed E-state index contributed by atoms with van der Waals surface area (Å²) in [5.41, 5.74) is 15.1. The third kappa shape index (κ3) is 2.70. The van der Waals surface area contributed by atoms with Crippen molar-refractivity contribution in [3.63, 3.8) is 0 Å². The van der Waals surface area contributed by atoms with Crippen molar-refractivity contribution in [2.45, 2.75) is 57.5 Å². The summed E-state index contributed by atoms with van der Waals surface area (Å²) in [7, 11) is 0. The zero-order valence-corrected chi connectivity index (χ0v) is 19.6. The van der Waals surface area contributed by atoms with Crippen molar-refractivity contribution in [1.82, 2.24) is 9.97 Å². The average Bonchev–Trinajstić information content (AvgIpc) is 3.70. The molecule has 0 saturated heterocycles. The van der Waals surface area contributed by atoms with Crippen LogP contribution in [0.2, 0.25) is 0 Å². The van der Waals surface area contributed by atoms with Crippen LogP contribution in [0.5, 0.6) is 0 Å². The number of nitrogens with zero attached hydrogens (tertiary/aromatic N) is 2. The minimum Gasteiger partial charge on any atom is -0.372 e. The van der Waals surface area contributed by atoms with Crippen LogP contribution < -0.4 is 0 Å². The van der Waals surface area contributed by atoms with Gasteiger partial charge in [0.1, 0.15) is 0 Å². The lowest BCUT2D eigenvalue weighted by Gasteiger charge is -2.26. The molecule has 0 saturated carbocycles. The number of aromatic nitrogens is 2. The Morgan fingerprint density at radius 2 is 0.943 bits per heavy atom. The van der Waals surface area contributed by atoms with Gasteiger partial charge in [0.2, 0.25) is 0 Å². The molecule has 0 N–H and O–H groups in total. The maximum absolute atomic E-state index is 5.99. The molecule has 0 unspecified atom stereocenters. The first-order valence-corrected chi connectivity index (χ1v) is 12.7. The molecule has 4 aliphatic rings. The van der Waals surface area contributed by atoms with Crippen LogP contribution in [0.4, 0.5) is 0 Å². The van der Waals surface area contributed by atoms with Crippen LogP contribution in [0.25, 0.3) is 22.5 Å². The van der Waals surface area contributed by atoms with Crippen molar-refractivity contribution in [3.8, 4) is 22.5 Å². The molecule has 0 radical (unpaired) electrons. The van der Waals surface area contributed by atoms with Crippen LogP contribution in [-0.2, 0) is 54.2 Å². The van der Waals surface area contributed by atoms with E-state index in [0.29, 0.717) is 26.4 Å². The summed E-state index contributed by atoms with van der Waals surface area (Å²) in [4.78, 5) is 10.9. The molecule has 2 aromatic heterocycles. The second-order valence-corrected chi connectivity index (χ2v) is 10.3. The van der Waals surface area contributed by atoms with Crippen molar-refractivity contribution in [2.24, 2.45) is 0 Å². The van der Waals surface area contributed by atoms with Gasteiger partial charge in [0.15, 0.2) is 0 Å². The Bertz CT molecular complexity index is 1380. The van der Waals surface area contributed by atoms with Gasteiger partial charge in [-0.3, -0.25) is 9.97 Å². The van der Waals surface area contributed by atoms with E-state index in [1.165, 1.54) is 55.9 Å². The molecule has 4 heteroatoms. The summed E-state index contributed by atoms with van der Waals surface area (Å²) in [6, 6.07) is 21.2. The molecular formula is C31H26N2O2. The minimum absolute atomic E-state index is 0.118. The normalized spacial score (nSPS) is 18.5. The predicted octanol–water partition coefficient (Wildman–Crippen LogP) is 6.05.